The molecule has 1 amide bonds. The highest BCUT2D eigenvalue weighted by molar-refractivity contribution is 7.90. The number of pyridine rings is 2. The van der Waals surface area contributed by atoms with E-state index in [9.17, 15) is 31.2 Å². The van der Waals surface area contributed by atoms with E-state index in [4.69, 9.17) is 17.3 Å². The maximum atomic E-state index is 17.7. The highest BCUT2D eigenvalue weighted by Crippen LogP contribution is 2.50. The lowest BCUT2D eigenvalue weighted by Crippen LogP contribution is -2.49. The molecule has 17 heteroatoms. The van der Waals surface area contributed by atoms with Gasteiger partial charge >= 0.3 is 6.18 Å². The first-order valence-electron chi connectivity index (χ1n) is 16.5. The molecule has 1 saturated heterocycles. The average Bonchev–Trinajstić information content (AvgIpc) is 3.98. The van der Waals surface area contributed by atoms with Crippen LogP contribution in [-0.4, -0.2) is 71.2 Å². The molecule has 2 saturated carbocycles. The van der Waals surface area contributed by atoms with Crippen LogP contribution in [0.1, 0.15) is 67.0 Å². The Bertz CT molecular complexity index is 2400. The molecule has 4 aromatic rings. The van der Waals surface area contributed by atoms with Crippen molar-refractivity contribution >= 4 is 49.8 Å². The van der Waals surface area contributed by atoms with Gasteiger partial charge in [0, 0.05) is 49.7 Å². The van der Waals surface area contributed by atoms with E-state index in [1.807, 2.05) is 0 Å². The molecule has 0 radical (unpaired) electrons. The average molecular weight is 758 g/mol. The van der Waals surface area contributed by atoms with E-state index >= 15 is 4.39 Å². The maximum Gasteiger partial charge on any atom is 0.418 e. The number of amides is 1. The predicted molar refractivity (Wildman–Crippen MR) is 187 cm³/mol. The molecule has 0 bridgehead atoms. The summed E-state index contributed by atoms with van der Waals surface area (Å²) in [5, 5.41) is -0.680. The molecule has 0 atom stereocenters. The van der Waals surface area contributed by atoms with Gasteiger partial charge in [-0.2, -0.15) is 13.2 Å². The third kappa shape index (κ3) is 6.13. The number of hydrogen-bond acceptors (Lipinski definition) is 9. The Morgan fingerprint density at radius 1 is 1.02 bits per heavy atom. The fraction of sp³-hybridized carbons (Fsp3) is 0.400. The topological polar surface area (TPSA) is 144 Å². The fourth-order valence-corrected chi connectivity index (χ4v) is 8.30. The Morgan fingerprint density at radius 3 is 2.13 bits per heavy atom. The van der Waals surface area contributed by atoms with E-state index in [1.165, 1.54) is 23.1 Å². The number of aromatic nitrogens is 4. The minimum Gasteiger partial charge on any atom is -0.384 e. The lowest BCUT2D eigenvalue weighted by atomic mass is 9.97. The van der Waals surface area contributed by atoms with E-state index in [0.717, 1.165) is 29.9 Å². The number of sulfone groups is 1. The standard InChI is InChI=1S/C35H32ClF4N7O4S/c1-4-5-23(48)45-10-12-46(13-11-45)31-20-15-21(36)24(29-25(35(38,39)40)17(2)14-22(41)44-29)26(37)30(20)47(34(49)33(31)52(3,50)51)32-27(18-6-7-18)42-16-43-28(32)19-8-9-19/h14-16,18-19H,6-13H2,1-3H3,(H2,41,44). The van der Waals surface area contributed by atoms with Crippen molar-refractivity contribution in [3.63, 3.8) is 0 Å². The third-order valence-corrected chi connectivity index (χ3v) is 11.0. The zero-order valence-electron chi connectivity index (χ0n) is 28.2. The van der Waals surface area contributed by atoms with Crippen molar-refractivity contribution in [2.45, 2.75) is 62.4 Å². The van der Waals surface area contributed by atoms with Crippen molar-refractivity contribution in [2.24, 2.45) is 0 Å². The number of piperazine rings is 1. The number of halogens is 5. The summed E-state index contributed by atoms with van der Waals surface area (Å²) in [6.45, 7) is 2.87. The van der Waals surface area contributed by atoms with Crippen LogP contribution in [0.25, 0.3) is 27.8 Å². The summed E-state index contributed by atoms with van der Waals surface area (Å²) in [4.78, 5) is 42.7. The number of carbonyl (C=O) groups excluding carboxylic acids is 1. The van der Waals surface area contributed by atoms with Gasteiger partial charge in [0.25, 0.3) is 11.5 Å². The van der Waals surface area contributed by atoms with Crippen molar-refractivity contribution in [3.05, 3.63) is 62.2 Å². The summed E-state index contributed by atoms with van der Waals surface area (Å²) in [6.07, 6.45) is -0.0166. The van der Waals surface area contributed by atoms with Crippen molar-refractivity contribution in [2.75, 3.05) is 43.1 Å². The first-order valence-corrected chi connectivity index (χ1v) is 18.8. The molecule has 1 aromatic carbocycles. The summed E-state index contributed by atoms with van der Waals surface area (Å²) in [5.74, 6) is 2.62. The predicted octanol–water partition coefficient (Wildman–Crippen LogP) is 5.37. The molecule has 0 spiro atoms. The van der Waals surface area contributed by atoms with Gasteiger partial charge in [0.1, 0.15) is 12.1 Å². The second-order valence-electron chi connectivity index (χ2n) is 13.3. The van der Waals surface area contributed by atoms with Crippen LogP contribution in [0.4, 0.5) is 29.1 Å². The number of fused-ring (bicyclic) bond motifs is 1. The molecule has 2 N–H and O–H groups in total. The van der Waals surface area contributed by atoms with Crippen LogP contribution < -0.4 is 16.2 Å². The van der Waals surface area contributed by atoms with Crippen LogP contribution in [0.5, 0.6) is 0 Å². The van der Waals surface area contributed by atoms with Crippen molar-refractivity contribution < 1.29 is 30.8 Å². The largest absolute Gasteiger partial charge is 0.418 e. The Hall–Kier alpha value is -4.75. The van der Waals surface area contributed by atoms with Gasteiger partial charge in [0.2, 0.25) is 0 Å². The Labute approximate surface area is 300 Å². The molecular formula is C35H32ClF4N7O4S. The van der Waals surface area contributed by atoms with Gasteiger partial charge in [0.05, 0.1) is 50.1 Å². The number of alkyl halides is 3. The first-order chi connectivity index (χ1) is 24.5. The Balaban J connectivity index is 1.63. The minimum atomic E-state index is -5.01. The van der Waals surface area contributed by atoms with Crippen LogP contribution in [0, 0.1) is 24.6 Å². The zero-order valence-corrected chi connectivity index (χ0v) is 29.8. The summed E-state index contributed by atoms with van der Waals surface area (Å²) in [5.41, 5.74) is 1.71. The number of hydrogen-bond donors (Lipinski definition) is 1. The molecule has 3 aliphatic rings. The molecule has 1 aliphatic heterocycles. The van der Waals surface area contributed by atoms with E-state index in [0.29, 0.717) is 37.1 Å². The van der Waals surface area contributed by atoms with Gasteiger partial charge in [-0.3, -0.25) is 14.2 Å². The number of anilines is 2. The number of carbonyl (C=O) groups is 1. The van der Waals surface area contributed by atoms with E-state index in [-0.39, 0.29) is 66.2 Å². The molecule has 0 unspecified atom stereocenters. The molecule has 7 rings (SSSR count). The number of nitrogens with two attached hydrogens (primary N) is 1. The van der Waals surface area contributed by atoms with Crippen LogP contribution in [0.2, 0.25) is 5.02 Å². The molecule has 4 heterocycles. The highest BCUT2D eigenvalue weighted by atomic mass is 35.5. The number of benzene rings is 1. The van der Waals surface area contributed by atoms with E-state index in [1.54, 1.807) is 0 Å². The Kier molecular flexibility index (Phi) is 8.73. The lowest BCUT2D eigenvalue weighted by molar-refractivity contribution is -0.137. The van der Waals surface area contributed by atoms with Crippen molar-refractivity contribution in [3.8, 4) is 28.8 Å². The third-order valence-electron chi connectivity index (χ3n) is 9.56. The Morgan fingerprint density at radius 2 is 1.62 bits per heavy atom. The molecule has 3 fully saturated rings. The van der Waals surface area contributed by atoms with Gasteiger partial charge in [0.15, 0.2) is 20.5 Å². The van der Waals surface area contributed by atoms with Crippen LogP contribution in [0.3, 0.4) is 0 Å². The zero-order chi connectivity index (χ0) is 37.4. The van der Waals surface area contributed by atoms with Crippen molar-refractivity contribution in [1.82, 2.24) is 24.4 Å². The molecule has 11 nitrogen and oxygen atoms in total. The maximum absolute atomic E-state index is 17.7. The summed E-state index contributed by atoms with van der Waals surface area (Å²) < 4.78 is 89.9. The second-order valence-corrected chi connectivity index (χ2v) is 15.7. The lowest BCUT2D eigenvalue weighted by Gasteiger charge is -2.37. The quantitative estimate of drug-likeness (QED) is 0.203. The summed E-state index contributed by atoms with van der Waals surface area (Å²) >= 11 is 6.73. The molecule has 52 heavy (non-hydrogen) atoms. The van der Waals surface area contributed by atoms with E-state index < -0.39 is 65.6 Å². The van der Waals surface area contributed by atoms with Crippen LogP contribution in [-0.2, 0) is 20.8 Å². The molecule has 3 aromatic heterocycles. The number of nitrogens with zero attached hydrogens (tertiary/aromatic N) is 6. The van der Waals surface area contributed by atoms with Gasteiger partial charge in [-0.15, -0.1) is 0 Å². The number of nitrogen functional groups attached to an aromatic ring is 1. The van der Waals surface area contributed by atoms with Crippen LogP contribution >= 0.6 is 11.6 Å². The molecular weight excluding hydrogens is 726 g/mol. The SMILES string of the molecule is CC#CC(=O)N1CCN(c2c(S(C)(=O)=O)c(=O)n(-c3c(C4CC4)ncnc3C3CC3)c3c(F)c(-c4nc(N)cc(C)c4C(F)(F)F)c(Cl)cc23)CC1. The minimum absolute atomic E-state index is 0.0164. The summed E-state index contributed by atoms with van der Waals surface area (Å²) in [6, 6.07) is 2.17. The van der Waals surface area contributed by atoms with Gasteiger partial charge in [-0.05, 0) is 63.1 Å². The number of aryl methyl sites for hydroxylation is 1. The molecule has 2 aliphatic carbocycles. The fourth-order valence-electron chi connectivity index (χ4n) is 7.02. The summed E-state index contributed by atoms with van der Waals surface area (Å²) in [7, 11) is -4.40. The smallest absolute Gasteiger partial charge is 0.384 e. The first kappa shape index (κ1) is 35.6. The molecule has 272 valence electrons. The normalized spacial score (nSPS) is 16.6. The van der Waals surface area contributed by atoms with E-state index in [2.05, 4.69) is 26.8 Å². The monoisotopic (exact) mass is 757 g/mol. The van der Waals surface area contributed by atoms with Crippen molar-refractivity contribution in [1.29, 1.82) is 0 Å². The van der Waals surface area contributed by atoms with Crippen LogP contribution in [0.15, 0.2) is 28.2 Å². The second kappa shape index (κ2) is 12.7. The van der Waals surface area contributed by atoms with Gasteiger partial charge < -0.3 is 15.5 Å². The van der Waals surface area contributed by atoms with Gasteiger partial charge in [-0.1, -0.05) is 17.5 Å². The van der Waals surface area contributed by atoms with Gasteiger partial charge in [-0.25, -0.2) is 27.8 Å². The number of rotatable bonds is 6. The highest BCUT2D eigenvalue weighted by Gasteiger charge is 2.41.